The minimum absolute atomic E-state index is 0.207. The summed E-state index contributed by atoms with van der Waals surface area (Å²) in [6.07, 6.45) is 6.46. The first kappa shape index (κ1) is 13.3. The van der Waals surface area contributed by atoms with Crippen molar-refractivity contribution in [3.05, 3.63) is 0 Å². The maximum atomic E-state index is 5.58. The summed E-state index contributed by atoms with van der Waals surface area (Å²) >= 11 is 0. The molecule has 2 rings (SSSR count). The lowest BCUT2D eigenvalue weighted by molar-refractivity contribution is 0.0269. The Morgan fingerprint density at radius 2 is 2.35 bits per heavy atom. The van der Waals surface area contributed by atoms with Crippen molar-refractivity contribution in [2.24, 2.45) is 5.92 Å². The summed E-state index contributed by atoms with van der Waals surface area (Å²) in [5.41, 5.74) is 0.207. The Bertz CT molecular complexity index is 226. The van der Waals surface area contributed by atoms with E-state index in [0.717, 1.165) is 25.7 Å². The Kier molecular flexibility index (Phi) is 4.83. The first-order chi connectivity index (χ1) is 8.22. The zero-order chi connectivity index (χ0) is 12.1. The smallest absolute Gasteiger partial charge is 0.0645 e. The molecule has 0 spiro atoms. The molecule has 3 unspecified atom stereocenters. The highest BCUT2D eigenvalue weighted by atomic mass is 16.5. The first-order valence-corrected chi connectivity index (χ1v) is 7.28. The van der Waals surface area contributed by atoms with Crippen LogP contribution in [0.1, 0.15) is 46.0 Å². The van der Waals surface area contributed by atoms with Gasteiger partial charge in [0.1, 0.15) is 0 Å². The van der Waals surface area contributed by atoms with E-state index < -0.39 is 0 Å². The molecule has 3 nitrogen and oxygen atoms in total. The van der Waals surface area contributed by atoms with Gasteiger partial charge in [-0.2, -0.15) is 0 Å². The molecule has 17 heavy (non-hydrogen) atoms. The van der Waals surface area contributed by atoms with Crippen molar-refractivity contribution in [1.29, 1.82) is 0 Å². The van der Waals surface area contributed by atoms with E-state index in [9.17, 15) is 0 Å². The van der Waals surface area contributed by atoms with E-state index in [4.69, 9.17) is 4.74 Å². The second kappa shape index (κ2) is 6.17. The molecule has 2 N–H and O–H groups in total. The van der Waals surface area contributed by atoms with Crippen LogP contribution in [0.15, 0.2) is 0 Å². The monoisotopic (exact) mass is 240 g/mol. The molecule has 0 amide bonds. The molecule has 3 atom stereocenters. The third kappa shape index (κ3) is 3.94. The molecule has 0 saturated carbocycles. The Labute approximate surface area is 106 Å². The number of hydrogen-bond donors (Lipinski definition) is 2. The number of rotatable bonds is 4. The largest absolute Gasteiger partial charge is 0.380 e. The second-order valence-electron chi connectivity index (χ2n) is 6.05. The lowest BCUT2D eigenvalue weighted by atomic mass is 9.89. The van der Waals surface area contributed by atoms with Gasteiger partial charge in [-0.1, -0.05) is 13.3 Å². The molecular formula is C14H28N2O. The van der Waals surface area contributed by atoms with Gasteiger partial charge in [-0.3, -0.25) is 0 Å². The van der Waals surface area contributed by atoms with E-state index in [-0.39, 0.29) is 5.54 Å². The van der Waals surface area contributed by atoms with Gasteiger partial charge in [0.15, 0.2) is 0 Å². The molecule has 100 valence electrons. The van der Waals surface area contributed by atoms with Crippen LogP contribution in [0.3, 0.4) is 0 Å². The molecular weight excluding hydrogens is 212 g/mol. The van der Waals surface area contributed by atoms with Crippen LogP contribution >= 0.6 is 0 Å². The van der Waals surface area contributed by atoms with Crippen LogP contribution in [0.25, 0.3) is 0 Å². The molecule has 0 aliphatic carbocycles. The van der Waals surface area contributed by atoms with Crippen molar-refractivity contribution in [2.45, 2.75) is 57.5 Å². The highest BCUT2D eigenvalue weighted by molar-refractivity contribution is 4.88. The minimum Gasteiger partial charge on any atom is -0.380 e. The predicted octanol–water partition coefficient (Wildman–Crippen LogP) is 1.92. The summed E-state index contributed by atoms with van der Waals surface area (Å²) in [6, 6.07) is 0.660. The van der Waals surface area contributed by atoms with Crippen LogP contribution in [-0.4, -0.2) is 37.9 Å². The maximum Gasteiger partial charge on any atom is 0.0645 e. The van der Waals surface area contributed by atoms with E-state index in [1.54, 1.807) is 0 Å². The fraction of sp³-hybridized carbons (Fsp3) is 1.00. The van der Waals surface area contributed by atoms with Crippen molar-refractivity contribution < 1.29 is 4.74 Å². The predicted molar refractivity (Wildman–Crippen MR) is 71.3 cm³/mol. The molecule has 2 fully saturated rings. The molecule has 2 heterocycles. The van der Waals surface area contributed by atoms with Crippen molar-refractivity contribution in [1.82, 2.24) is 10.6 Å². The normalized spacial score (nSPS) is 39.2. The molecule has 0 aromatic rings. The fourth-order valence-electron chi connectivity index (χ4n) is 3.06. The van der Waals surface area contributed by atoms with E-state index in [1.165, 1.54) is 38.6 Å². The van der Waals surface area contributed by atoms with Crippen molar-refractivity contribution in [3.63, 3.8) is 0 Å². The lowest BCUT2D eigenvalue weighted by Gasteiger charge is -2.37. The molecule has 3 heteroatoms. The fourth-order valence-corrected chi connectivity index (χ4v) is 3.06. The summed E-state index contributed by atoms with van der Waals surface area (Å²) in [6.45, 7) is 8.71. The average Bonchev–Trinajstić information content (AvgIpc) is 2.38. The van der Waals surface area contributed by atoms with Crippen molar-refractivity contribution in [3.8, 4) is 0 Å². The van der Waals surface area contributed by atoms with Crippen molar-refractivity contribution >= 4 is 0 Å². The van der Waals surface area contributed by atoms with E-state index in [1.807, 2.05) is 0 Å². The van der Waals surface area contributed by atoms with Gasteiger partial charge < -0.3 is 15.4 Å². The molecule has 0 bridgehead atoms. The van der Waals surface area contributed by atoms with E-state index in [0.29, 0.717) is 6.04 Å². The SMILES string of the molecule is CCC1CCNC(CNC2(C)CCCOC2)C1. The standard InChI is InChI=1S/C14H28N2O/c1-3-12-5-7-15-13(9-12)10-16-14(2)6-4-8-17-11-14/h12-13,15-16H,3-11H2,1-2H3. The minimum atomic E-state index is 0.207. The molecule has 2 aliphatic heterocycles. The van der Waals surface area contributed by atoms with Crippen LogP contribution < -0.4 is 10.6 Å². The summed E-state index contributed by atoms with van der Waals surface area (Å²) in [5.74, 6) is 0.929. The van der Waals surface area contributed by atoms with Gasteiger partial charge in [0.25, 0.3) is 0 Å². The van der Waals surface area contributed by atoms with Crippen LogP contribution in [0.4, 0.5) is 0 Å². The van der Waals surface area contributed by atoms with Gasteiger partial charge in [-0.15, -0.1) is 0 Å². The Morgan fingerprint density at radius 1 is 1.47 bits per heavy atom. The third-order valence-corrected chi connectivity index (χ3v) is 4.39. The van der Waals surface area contributed by atoms with Crippen LogP contribution in [-0.2, 0) is 4.74 Å². The topological polar surface area (TPSA) is 33.3 Å². The van der Waals surface area contributed by atoms with Crippen LogP contribution in [0, 0.1) is 5.92 Å². The van der Waals surface area contributed by atoms with Gasteiger partial charge in [0.2, 0.25) is 0 Å². The average molecular weight is 240 g/mol. The molecule has 2 saturated heterocycles. The Morgan fingerprint density at radius 3 is 3.06 bits per heavy atom. The van der Waals surface area contributed by atoms with Crippen molar-refractivity contribution in [2.75, 3.05) is 26.3 Å². The summed E-state index contributed by atoms with van der Waals surface area (Å²) < 4.78 is 5.58. The highest BCUT2D eigenvalue weighted by Crippen LogP contribution is 2.21. The van der Waals surface area contributed by atoms with Crippen LogP contribution in [0.2, 0.25) is 0 Å². The zero-order valence-corrected chi connectivity index (χ0v) is 11.4. The number of ether oxygens (including phenoxy) is 1. The van der Waals surface area contributed by atoms with E-state index >= 15 is 0 Å². The number of hydrogen-bond acceptors (Lipinski definition) is 3. The van der Waals surface area contributed by atoms with E-state index in [2.05, 4.69) is 24.5 Å². The van der Waals surface area contributed by atoms with Gasteiger partial charge in [0, 0.05) is 24.7 Å². The zero-order valence-electron chi connectivity index (χ0n) is 11.4. The van der Waals surface area contributed by atoms with Crippen LogP contribution in [0.5, 0.6) is 0 Å². The summed E-state index contributed by atoms with van der Waals surface area (Å²) in [4.78, 5) is 0. The van der Waals surface area contributed by atoms with Gasteiger partial charge in [0.05, 0.1) is 6.61 Å². The third-order valence-electron chi connectivity index (χ3n) is 4.39. The first-order valence-electron chi connectivity index (χ1n) is 7.28. The number of nitrogens with one attached hydrogen (secondary N) is 2. The molecule has 0 radical (unpaired) electrons. The molecule has 0 aromatic carbocycles. The van der Waals surface area contributed by atoms with Gasteiger partial charge in [-0.05, 0) is 45.1 Å². The maximum absolute atomic E-state index is 5.58. The highest BCUT2D eigenvalue weighted by Gasteiger charge is 2.28. The Balaban J connectivity index is 1.73. The second-order valence-corrected chi connectivity index (χ2v) is 6.05. The summed E-state index contributed by atoms with van der Waals surface area (Å²) in [5, 5.41) is 7.36. The van der Waals surface area contributed by atoms with Gasteiger partial charge >= 0.3 is 0 Å². The quantitative estimate of drug-likeness (QED) is 0.788. The number of piperidine rings is 1. The van der Waals surface area contributed by atoms with Gasteiger partial charge in [-0.25, -0.2) is 0 Å². The Hall–Kier alpha value is -0.120. The lowest BCUT2D eigenvalue weighted by Crippen LogP contribution is -2.54. The molecule has 0 aromatic heterocycles. The molecule has 2 aliphatic rings. The summed E-state index contributed by atoms with van der Waals surface area (Å²) in [7, 11) is 0.